The molecule has 0 saturated heterocycles. The number of rotatable bonds is 2. The van der Waals surface area contributed by atoms with Crippen LogP contribution in [0.2, 0.25) is 0 Å². The average Bonchev–Trinajstić information content (AvgIpc) is 2.16. The molecule has 1 heterocycles. The van der Waals surface area contributed by atoms with Crippen LogP contribution in [0.1, 0.15) is 20.8 Å². The van der Waals surface area contributed by atoms with Crippen LogP contribution in [0.4, 0.5) is 0 Å². The summed E-state index contributed by atoms with van der Waals surface area (Å²) in [6.07, 6.45) is 1.96. The molecule has 0 N–H and O–H groups in total. The normalized spacial score (nSPS) is 9.08. The number of methoxy groups -OCH3 is 1. The lowest BCUT2D eigenvalue weighted by Gasteiger charge is -1.99. The number of aromatic nitrogens is 1. The van der Waals surface area contributed by atoms with Gasteiger partial charge in [0.05, 0.1) is 12.7 Å². The van der Waals surface area contributed by atoms with Gasteiger partial charge in [-0.3, -0.25) is 9.78 Å². The summed E-state index contributed by atoms with van der Waals surface area (Å²) in [7, 11) is 1.25. The van der Waals surface area contributed by atoms with Crippen molar-refractivity contribution in [2.75, 3.05) is 7.11 Å². The Kier molecular flexibility index (Phi) is 2.53. The number of carbonyl (C=O) groups is 2. The van der Waals surface area contributed by atoms with Crippen molar-refractivity contribution in [3.63, 3.8) is 0 Å². The molecule has 12 heavy (non-hydrogen) atoms. The molecular weight excluding hydrogens is 158 g/mol. The van der Waals surface area contributed by atoms with E-state index < -0.39 is 5.97 Å². The Balaban J connectivity index is 3.13. The van der Waals surface area contributed by atoms with Gasteiger partial charge >= 0.3 is 5.97 Å². The van der Waals surface area contributed by atoms with Gasteiger partial charge in [-0.1, -0.05) is 0 Å². The van der Waals surface area contributed by atoms with Gasteiger partial charge in [0, 0.05) is 6.20 Å². The first-order valence-electron chi connectivity index (χ1n) is 3.28. The minimum Gasteiger partial charge on any atom is -0.465 e. The fourth-order valence-corrected chi connectivity index (χ4v) is 0.794. The smallest absolute Gasteiger partial charge is 0.340 e. The van der Waals surface area contributed by atoms with E-state index in [0.29, 0.717) is 6.29 Å². The van der Waals surface area contributed by atoms with Gasteiger partial charge in [-0.15, -0.1) is 0 Å². The molecule has 0 unspecified atom stereocenters. The SMILES string of the molecule is COC(=O)c1cccnc1C=O. The monoisotopic (exact) mass is 165 g/mol. The Labute approximate surface area is 69.2 Å². The molecule has 62 valence electrons. The molecule has 0 fully saturated rings. The maximum atomic E-state index is 11.0. The molecule has 0 amide bonds. The van der Waals surface area contributed by atoms with E-state index in [1.54, 1.807) is 6.07 Å². The van der Waals surface area contributed by atoms with Crippen molar-refractivity contribution in [2.45, 2.75) is 0 Å². The maximum Gasteiger partial charge on any atom is 0.340 e. The predicted molar refractivity (Wildman–Crippen MR) is 41.0 cm³/mol. The van der Waals surface area contributed by atoms with E-state index in [1.807, 2.05) is 0 Å². The third kappa shape index (κ3) is 1.47. The van der Waals surface area contributed by atoms with Crippen molar-refractivity contribution in [3.8, 4) is 0 Å². The van der Waals surface area contributed by atoms with Gasteiger partial charge in [0.25, 0.3) is 0 Å². The van der Waals surface area contributed by atoms with Crippen molar-refractivity contribution >= 4 is 12.3 Å². The Morgan fingerprint density at radius 3 is 3.00 bits per heavy atom. The molecule has 1 aromatic heterocycles. The van der Waals surface area contributed by atoms with E-state index in [9.17, 15) is 9.59 Å². The van der Waals surface area contributed by atoms with Crippen LogP contribution in [-0.4, -0.2) is 24.3 Å². The minimum absolute atomic E-state index is 0.101. The zero-order valence-electron chi connectivity index (χ0n) is 6.48. The van der Waals surface area contributed by atoms with Crippen LogP contribution in [0.5, 0.6) is 0 Å². The molecule has 0 radical (unpaired) electrons. The van der Waals surface area contributed by atoms with Crippen LogP contribution >= 0.6 is 0 Å². The molecule has 0 aliphatic carbocycles. The van der Waals surface area contributed by atoms with Crippen molar-refractivity contribution in [1.29, 1.82) is 0 Å². The first-order valence-corrected chi connectivity index (χ1v) is 3.28. The van der Waals surface area contributed by atoms with Crippen LogP contribution in [0.15, 0.2) is 18.3 Å². The number of hydrogen-bond donors (Lipinski definition) is 0. The third-order valence-corrected chi connectivity index (χ3v) is 1.36. The van der Waals surface area contributed by atoms with Crippen molar-refractivity contribution in [2.24, 2.45) is 0 Å². The molecule has 4 nitrogen and oxygen atoms in total. The maximum absolute atomic E-state index is 11.0. The standard InChI is InChI=1S/C8H7NO3/c1-12-8(11)6-3-2-4-9-7(6)5-10/h2-5H,1H3. The van der Waals surface area contributed by atoms with E-state index in [4.69, 9.17) is 0 Å². The van der Waals surface area contributed by atoms with Crippen molar-refractivity contribution in [1.82, 2.24) is 4.98 Å². The molecule has 1 aromatic rings. The number of pyridine rings is 1. The molecule has 0 aliphatic heterocycles. The summed E-state index contributed by atoms with van der Waals surface area (Å²) in [5.74, 6) is -0.551. The summed E-state index contributed by atoms with van der Waals surface area (Å²) in [4.78, 5) is 25.0. The second-order valence-electron chi connectivity index (χ2n) is 2.05. The lowest BCUT2D eigenvalue weighted by molar-refractivity contribution is 0.0597. The first kappa shape index (κ1) is 8.39. The molecule has 0 atom stereocenters. The summed E-state index contributed by atoms with van der Waals surface area (Å²) >= 11 is 0. The molecule has 0 bridgehead atoms. The molecule has 0 aliphatic rings. The molecule has 1 rings (SSSR count). The van der Waals surface area contributed by atoms with Gasteiger partial charge in [0.15, 0.2) is 6.29 Å². The van der Waals surface area contributed by atoms with Gasteiger partial charge in [-0.2, -0.15) is 0 Å². The third-order valence-electron chi connectivity index (χ3n) is 1.36. The van der Waals surface area contributed by atoms with Gasteiger partial charge in [-0.05, 0) is 12.1 Å². The number of carbonyl (C=O) groups excluding carboxylic acids is 2. The van der Waals surface area contributed by atoms with E-state index in [2.05, 4.69) is 9.72 Å². The van der Waals surface area contributed by atoms with Crippen LogP contribution in [0, 0.1) is 0 Å². The Bertz CT molecular complexity index is 309. The van der Waals surface area contributed by atoms with Crippen LogP contribution in [0.3, 0.4) is 0 Å². The predicted octanol–water partition coefficient (Wildman–Crippen LogP) is 0.681. The number of nitrogens with zero attached hydrogens (tertiary/aromatic N) is 1. The zero-order valence-corrected chi connectivity index (χ0v) is 6.48. The highest BCUT2D eigenvalue weighted by Gasteiger charge is 2.10. The quantitative estimate of drug-likeness (QED) is 0.477. The summed E-state index contributed by atoms with van der Waals surface area (Å²) < 4.78 is 4.44. The van der Waals surface area contributed by atoms with Crippen LogP contribution in [-0.2, 0) is 4.74 Å². The highest BCUT2D eigenvalue weighted by Crippen LogP contribution is 2.03. The number of hydrogen-bond acceptors (Lipinski definition) is 4. The largest absolute Gasteiger partial charge is 0.465 e. The van der Waals surface area contributed by atoms with Gasteiger partial charge in [0.2, 0.25) is 0 Å². The Morgan fingerprint density at radius 1 is 1.67 bits per heavy atom. The fraction of sp³-hybridized carbons (Fsp3) is 0.125. The molecule has 0 aromatic carbocycles. The molecule has 4 heteroatoms. The van der Waals surface area contributed by atoms with Crippen LogP contribution < -0.4 is 0 Å². The highest BCUT2D eigenvalue weighted by atomic mass is 16.5. The molecule has 0 saturated carbocycles. The average molecular weight is 165 g/mol. The van der Waals surface area contributed by atoms with Gasteiger partial charge in [0.1, 0.15) is 5.69 Å². The second-order valence-corrected chi connectivity index (χ2v) is 2.05. The van der Waals surface area contributed by atoms with Gasteiger partial charge < -0.3 is 4.74 Å². The zero-order chi connectivity index (χ0) is 8.97. The van der Waals surface area contributed by atoms with Crippen molar-refractivity contribution in [3.05, 3.63) is 29.6 Å². The summed E-state index contributed by atoms with van der Waals surface area (Å²) in [5, 5.41) is 0. The van der Waals surface area contributed by atoms with E-state index in [0.717, 1.165) is 0 Å². The van der Waals surface area contributed by atoms with E-state index in [1.165, 1.54) is 19.4 Å². The van der Waals surface area contributed by atoms with Gasteiger partial charge in [-0.25, -0.2) is 4.79 Å². The van der Waals surface area contributed by atoms with Crippen LogP contribution in [0.25, 0.3) is 0 Å². The second kappa shape index (κ2) is 3.61. The minimum atomic E-state index is -0.551. The lowest BCUT2D eigenvalue weighted by Crippen LogP contribution is -2.06. The lowest BCUT2D eigenvalue weighted by atomic mass is 10.2. The Morgan fingerprint density at radius 2 is 2.42 bits per heavy atom. The summed E-state index contributed by atoms with van der Waals surface area (Å²) in [5.41, 5.74) is 0.291. The number of aldehydes is 1. The molecular formula is C8H7NO3. The topological polar surface area (TPSA) is 56.3 Å². The highest BCUT2D eigenvalue weighted by molar-refractivity contribution is 5.96. The van der Waals surface area contributed by atoms with E-state index >= 15 is 0 Å². The number of ether oxygens (including phenoxy) is 1. The molecule has 0 spiro atoms. The fourth-order valence-electron chi connectivity index (χ4n) is 0.794. The number of esters is 1. The Hall–Kier alpha value is -1.71. The summed E-state index contributed by atoms with van der Waals surface area (Å²) in [6, 6.07) is 3.06. The van der Waals surface area contributed by atoms with E-state index in [-0.39, 0.29) is 11.3 Å². The summed E-state index contributed by atoms with van der Waals surface area (Å²) in [6.45, 7) is 0. The van der Waals surface area contributed by atoms with Crippen molar-refractivity contribution < 1.29 is 14.3 Å². The first-order chi connectivity index (χ1) is 5.79.